The SMILES string of the molecule is CCC(Br)c1nnc(-c2cnc(C)s2)s1. The van der Waals surface area contributed by atoms with Crippen molar-refractivity contribution in [3.8, 4) is 9.88 Å². The van der Waals surface area contributed by atoms with Gasteiger partial charge in [-0.1, -0.05) is 34.2 Å². The highest BCUT2D eigenvalue weighted by atomic mass is 79.9. The van der Waals surface area contributed by atoms with Crippen molar-refractivity contribution in [1.29, 1.82) is 0 Å². The Labute approximate surface area is 105 Å². The molecule has 0 aliphatic carbocycles. The average molecular weight is 304 g/mol. The highest BCUT2D eigenvalue weighted by molar-refractivity contribution is 9.09. The van der Waals surface area contributed by atoms with Crippen LogP contribution >= 0.6 is 38.6 Å². The first-order valence-electron chi connectivity index (χ1n) is 4.61. The second-order valence-electron chi connectivity index (χ2n) is 3.06. The molecule has 0 bridgehead atoms. The molecule has 0 spiro atoms. The molecule has 0 fully saturated rings. The number of nitrogens with zero attached hydrogens (tertiary/aromatic N) is 3. The van der Waals surface area contributed by atoms with Gasteiger partial charge in [0, 0.05) is 6.20 Å². The van der Waals surface area contributed by atoms with E-state index in [1.54, 1.807) is 22.7 Å². The highest BCUT2D eigenvalue weighted by Crippen LogP contribution is 2.34. The third kappa shape index (κ3) is 2.43. The molecule has 1 unspecified atom stereocenters. The Morgan fingerprint density at radius 1 is 1.40 bits per heavy atom. The molecule has 2 aromatic heterocycles. The second-order valence-corrected chi connectivity index (χ2v) is 6.41. The smallest absolute Gasteiger partial charge is 0.159 e. The van der Waals surface area contributed by atoms with Crippen molar-refractivity contribution in [3.05, 3.63) is 16.2 Å². The van der Waals surface area contributed by atoms with E-state index in [1.807, 2.05) is 13.1 Å². The van der Waals surface area contributed by atoms with Crippen molar-refractivity contribution in [2.45, 2.75) is 25.1 Å². The van der Waals surface area contributed by atoms with Crippen LogP contribution in [0.1, 0.15) is 28.2 Å². The molecular weight excluding hydrogens is 294 g/mol. The maximum Gasteiger partial charge on any atom is 0.159 e. The molecule has 6 heteroatoms. The quantitative estimate of drug-likeness (QED) is 0.809. The lowest BCUT2D eigenvalue weighted by Crippen LogP contribution is -1.84. The van der Waals surface area contributed by atoms with E-state index in [-0.39, 0.29) is 0 Å². The van der Waals surface area contributed by atoms with Crippen LogP contribution in [-0.4, -0.2) is 15.2 Å². The van der Waals surface area contributed by atoms with Crippen molar-refractivity contribution < 1.29 is 0 Å². The Balaban J connectivity index is 2.27. The molecule has 0 amide bonds. The van der Waals surface area contributed by atoms with Crippen molar-refractivity contribution in [1.82, 2.24) is 15.2 Å². The summed E-state index contributed by atoms with van der Waals surface area (Å²) in [5.74, 6) is 0. The zero-order valence-electron chi connectivity index (χ0n) is 8.40. The maximum atomic E-state index is 4.21. The Morgan fingerprint density at radius 3 is 2.80 bits per heavy atom. The van der Waals surface area contributed by atoms with E-state index < -0.39 is 0 Å². The predicted octanol–water partition coefficient (Wildman–Crippen LogP) is 3.82. The minimum atomic E-state index is 0.317. The molecule has 15 heavy (non-hydrogen) atoms. The van der Waals surface area contributed by atoms with Gasteiger partial charge in [0.1, 0.15) is 5.01 Å². The highest BCUT2D eigenvalue weighted by Gasteiger charge is 2.13. The molecule has 0 aromatic carbocycles. The van der Waals surface area contributed by atoms with Crippen molar-refractivity contribution in [3.63, 3.8) is 0 Å². The first-order valence-corrected chi connectivity index (χ1v) is 7.16. The molecule has 0 saturated heterocycles. The molecule has 0 aliphatic rings. The number of alkyl halides is 1. The van der Waals surface area contributed by atoms with Crippen LogP contribution in [0, 0.1) is 6.92 Å². The van der Waals surface area contributed by atoms with Crippen LogP contribution in [0.2, 0.25) is 0 Å². The number of hydrogen-bond donors (Lipinski definition) is 0. The van der Waals surface area contributed by atoms with Crippen LogP contribution in [0.25, 0.3) is 9.88 Å². The minimum Gasteiger partial charge on any atom is -0.249 e. The van der Waals surface area contributed by atoms with Crippen LogP contribution in [0.3, 0.4) is 0 Å². The largest absolute Gasteiger partial charge is 0.249 e. The first kappa shape index (κ1) is 11.2. The summed E-state index contributed by atoms with van der Waals surface area (Å²) in [6.07, 6.45) is 2.88. The van der Waals surface area contributed by atoms with E-state index >= 15 is 0 Å². The zero-order chi connectivity index (χ0) is 10.8. The molecule has 1 atom stereocenters. The molecule has 0 radical (unpaired) electrons. The van der Waals surface area contributed by atoms with Crippen LogP contribution < -0.4 is 0 Å². The molecule has 2 aromatic rings. The Kier molecular flexibility index (Phi) is 3.48. The minimum absolute atomic E-state index is 0.317. The number of rotatable bonds is 3. The van der Waals surface area contributed by atoms with E-state index in [4.69, 9.17) is 0 Å². The molecule has 3 nitrogen and oxygen atoms in total. The van der Waals surface area contributed by atoms with Gasteiger partial charge < -0.3 is 0 Å². The third-order valence-electron chi connectivity index (χ3n) is 1.90. The van der Waals surface area contributed by atoms with E-state index in [0.29, 0.717) is 4.83 Å². The van der Waals surface area contributed by atoms with Gasteiger partial charge in [0.25, 0.3) is 0 Å². The van der Waals surface area contributed by atoms with Gasteiger partial charge in [-0.2, -0.15) is 0 Å². The van der Waals surface area contributed by atoms with E-state index in [1.165, 1.54) is 0 Å². The summed E-state index contributed by atoms with van der Waals surface area (Å²) < 4.78 is 0. The van der Waals surface area contributed by atoms with Crippen LogP contribution in [0.5, 0.6) is 0 Å². The number of aryl methyl sites for hydroxylation is 1. The standard InChI is InChI=1S/C9H10BrN3S2/c1-3-6(10)8-12-13-9(15-8)7-4-11-5(2)14-7/h4,6H,3H2,1-2H3. The topological polar surface area (TPSA) is 38.7 Å². The summed E-state index contributed by atoms with van der Waals surface area (Å²) >= 11 is 6.86. The fourth-order valence-electron chi connectivity index (χ4n) is 1.10. The molecule has 0 aliphatic heterocycles. The second kappa shape index (κ2) is 4.67. The monoisotopic (exact) mass is 303 g/mol. The van der Waals surface area contributed by atoms with Gasteiger partial charge in [0.2, 0.25) is 0 Å². The van der Waals surface area contributed by atoms with Gasteiger partial charge in [-0.15, -0.1) is 21.5 Å². The Hall–Kier alpha value is -0.330. The van der Waals surface area contributed by atoms with Crippen LogP contribution in [0.4, 0.5) is 0 Å². The van der Waals surface area contributed by atoms with Gasteiger partial charge in [-0.3, -0.25) is 0 Å². The zero-order valence-corrected chi connectivity index (χ0v) is 11.6. The lowest BCUT2D eigenvalue weighted by atomic mass is 10.4. The number of thiazole rings is 1. The van der Waals surface area contributed by atoms with Crippen molar-refractivity contribution >= 4 is 38.6 Å². The van der Waals surface area contributed by atoms with Crippen molar-refractivity contribution in [2.75, 3.05) is 0 Å². The average Bonchev–Trinajstić information content (AvgIpc) is 2.84. The summed E-state index contributed by atoms with van der Waals surface area (Å²) in [5, 5.41) is 11.4. The number of halogens is 1. The van der Waals surface area contributed by atoms with Crippen molar-refractivity contribution in [2.24, 2.45) is 0 Å². The Morgan fingerprint density at radius 2 is 2.20 bits per heavy atom. The maximum absolute atomic E-state index is 4.21. The van der Waals surface area contributed by atoms with Gasteiger partial charge in [0.05, 0.1) is 14.7 Å². The first-order chi connectivity index (χ1) is 7.20. The summed E-state index contributed by atoms with van der Waals surface area (Å²) in [4.78, 5) is 5.63. The summed E-state index contributed by atoms with van der Waals surface area (Å²) in [6, 6.07) is 0. The summed E-state index contributed by atoms with van der Waals surface area (Å²) in [5.41, 5.74) is 0. The molecule has 2 heterocycles. The molecule has 2 rings (SSSR count). The Bertz CT molecular complexity index is 452. The normalized spacial score (nSPS) is 13.0. The third-order valence-corrected chi connectivity index (χ3v) is 5.40. The number of aromatic nitrogens is 3. The predicted molar refractivity (Wildman–Crippen MR) is 67.7 cm³/mol. The van der Waals surface area contributed by atoms with E-state index in [0.717, 1.165) is 26.3 Å². The molecular formula is C9H10BrN3S2. The molecule has 80 valence electrons. The van der Waals surface area contributed by atoms with Crippen LogP contribution in [-0.2, 0) is 0 Å². The fourth-order valence-corrected chi connectivity index (χ4v) is 3.18. The van der Waals surface area contributed by atoms with Crippen LogP contribution in [0.15, 0.2) is 6.20 Å². The molecule has 0 saturated carbocycles. The van der Waals surface area contributed by atoms with Gasteiger partial charge >= 0.3 is 0 Å². The lowest BCUT2D eigenvalue weighted by molar-refractivity contribution is 0.870. The molecule has 0 N–H and O–H groups in total. The summed E-state index contributed by atoms with van der Waals surface area (Å²) in [7, 11) is 0. The van der Waals surface area contributed by atoms with E-state index in [9.17, 15) is 0 Å². The van der Waals surface area contributed by atoms with Gasteiger partial charge in [-0.05, 0) is 13.3 Å². The van der Waals surface area contributed by atoms with Gasteiger partial charge in [0.15, 0.2) is 5.01 Å². The van der Waals surface area contributed by atoms with E-state index in [2.05, 4.69) is 38.0 Å². The summed E-state index contributed by atoms with van der Waals surface area (Å²) in [6.45, 7) is 4.12. The lowest BCUT2D eigenvalue weighted by Gasteiger charge is -1.97. The van der Waals surface area contributed by atoms with Gasteiger partial charge in [-0.25, -0.2) is 4.98 Å². The fraction of sp³-hybridized carbons (Fsp3) is 0.444. The number of hydrogen-bond acceptors (Lipinski definition) is 5.